The van der Waals surface area contributed by atoms with E-state index in [1.54, 1.807) is 0 Å². The monoisotopic (exact) mass is 281 g/mol. The smallest absolute Gasteiger partial charge is 0.168 e. The highest BCUT2D eigenvalue weighted by molar-refractivity contribution is 5.87. The van der Waals surface area contributed by atoms with Crippen molar-refractivity contribution in [1.82, 2.24) is 19.7 Å². The molecule has 1 aromatic carbocycles. The fraction of sp³-hybridized carbons (Fsp3) is 0.312. The molecule has 0 aliphatic heterocycles. The van der Waals surface area contributed by atoms with Crippen LogP contribution in [0.2, 0.25) is 0 Å². The van der Waals surface area contributed by atoms with Gasteiger partial charge >= 0.3 is 0 Å². The third kappa shape index (κ3) is 2.46. The molecule has 0 bridgehead atoms. The summed E-state index contributed by atoms with van der Waals surface area (Å²) in [4.78, 5) is 9.06. The molecule has 0 amide bonds. The van der Waals surface area contributed by atoms with Gasteiger partial charge in [0.15, 0.2) is 5.65 Å². The van der Waals surface area contributed by atoms with E-state index in [9.17, 15) is 0 Å². The second kappa shape index (κ2) is 5.52. The van der Waals surface area contributed by atoms with Gasteiger partial charge in [0.1, 0.15) is 11.6 Å². The zero-order valence-electron chi connectivity index (χ0n) is 12.6. The normalized spacial score (nSPS) is 11.0. The highest BCUT2D eigenvalue weighted by Crippen LogP contribution is 2.23. The SMILES string of the molecule is CCCNc1nc(C)nc2c1cnn2-c1ccccc1C. The van der Waals surface area contributed by atoms with E-state index in [0.717, 1.165) is 41.3 Å². The Kier molecular flexibility index (Phi) is 3.56. The summed E-state index contributed by atoms with van der Waals surface area (Å²) in [6.45, 7) is 7.01. The van der Waals surface area contributed by atoms with Gasteiger partial charge in [0, 0.05) is 6.54 Å². The summed E-state index contributed by atoms with van der Waals surface area (Å²) >= 11 is 0. The van der Waals surface area contributed by atoms with Gasteiger partial charge in [-0.2, -0.15) is 5.10 Å². The van der Waals surface area contributed by atoms with Crippen LogP contribution in [0.3, 0.4) is 0 Å². The molecule has 2 heterocycles. The van der Waals surface area contributed by atoms with Crippen LogP contribution < -0.4 is 5.32 Å². The van der Waals surface area contributed by atoms with Crippen LogP contribution in [0, 0.1) is 13.8 Å². The van der Waals surface area contributed by atoms with E-state index in [0.29, 0.717) is 0 Å². The standard InChI is InChI=1S/C16H19N5/c1-4-9-17-15-13-10-18-21(16(13)20-12(3)19-15)14-8-6-5-7-11(14)2/h5-8,10H,4,9H2,1-3H3,(H,17,19,20). The first-order chi connectivity index (χ1) is 10.2. The predicted octanol–water partition coefficient (Wildman–Crippen LogP) is 3.25. The Morgan fingerprint density at radius 3 is 2.71 bits per heavy atom. The number of aryl methyl sites for hydroxylation is 2. The zero-order valence-corrected chi connectivity index (χ0v) is 12.6. The van der Waals surface area contributed by atoms with Gasteiger partial charge in [-0.25, -0.2) is 14.6 Å². The highest BCUT2D eigenvalue weighted by Gasteiger charge is 2.13. The number of aromatic nitrogens is 4. The molecule has 2 aromatic heterocycles. The first kappa shape index (κ1) is 13.5. The van der Waals surface area contributed by atoms with Crippen LogP contribution in [0.5, 0.6) is 0 Å². The van der Waals surface area contributed by atoms with Crippen molar-refractivity contribution in [1.29, 1.82) is 0 Å². The van der Waals surface area contributed by atoms with E-state index in [4.69, 9.17) is 0 Å². The molecule has 0 atom stereocenters. The summed E-state index contributed by atoms with van der Waals surface area (Å²) in [5.74, 6) is 1.61. The molecule has 0 aliphatic rings. The van der Waals surface area contributed by atoms with Crippen LogP contribution in [-0.2, 0) is 0 Å². The molecular formula is C16H19N5. The topological polar surface area (TPSA) is 55.6 Å². The largest absolute Gasteiger partial charge is 0.369 e. The lowest BCUT2D eigenvalue weighted by molar-refractivity contribution is 0.881. The van der Waals surface area contributed by atoms with Gasteiger partial charge < -0.3 is 5.32 Å². The molecule has 0 saturated carbocycles. The van der Waals surface area contributed by atoms with Crippen LogP contribution in [0.25, 0.3) is 16.7 Å². The quantitative estimate of drug-likeness (QED) is 0.797. The molecule has 1 N–H and O–H groups in total. The van der Waals surface area contributed by atoms with Crippen LogP contribution in [-0.4, -0.2) is 26.3 Å². The third-order valence-electron chi connectivity index (χ3n) is 3.43. The molecule has 108 valence electrons. The van der Waals surface area contributed by atoms with Crippen LogP contribution in [0.15, 0.2) is 30.5 Å². The van der Waals surface area contributed by atoms with Gasteiger partial charge in [0.05, 0.1) is 17.3 Å². The van der Waals surface area contributed by atoms with Crippen molar-refractivity contribution in [2.75, 3.05) is 11.9 Å². The summed E-state index contributed by atoms with van der Waals surface area (Å²) in [7, 11) is 0. The maximum absolute atomic E-state index is 4.57. The van der Waals surface area contributed by atoms with E-state index in [2.05, 4.69) is 46.4 Å². The molecule has 5 heteroatoms. The van der Waals surface area contributed by atoms with Crippen molar-refractivity contribution < 1.29 is 0 Å². The maximum Gasteiger partial charge on any atom is 0.168 e. The second-order valence-electron chi connectivity index (χ2n) is 5.13. The fourth-order valence-electron chi connectivity index (χ4n) is 2.37. The number of nitrogens with zero attached hydrogens (tertiary/aromatic N) is 4. The summed E-state index contributed by atoms with van der Waals surface area (Å²) < 4.78 is 1.89. The third-order valence-corrected chi connectivity index (χ3v) is 3.43. The summed E-state index contributed by atoms with van der Waals surface area (Å²) in [6.07, 6.45) is 2.88. The minimum atomic E-state index is 0.747. The average molecular weight is 281 g/mol. The van der Waals surface area contributed by atoms with E-state index in [1.807, 2.05) is 29.9 Å². The van der Waals surface area contributed by atoms with Crippen LogP contribution >= 0.6 is 0 Å². The molecule has 5 nitrogen and oxygen atoms in total. The van der Waals surface area contributed by atoms with E-state index >= 15 is 0 Å². The number of hydrogen-bond donors (Lipinski definition) is 1. The number of benzene rings is 1. The Balaban J connectivity index is 2.18. The van der Waals surface area contributed by atoms with E-state index in [-0.39, 0.29) is 0 Å². The summed E-state index contributed by atoms with van der Waals surface area (Å²) in [6, 6.07) is 8.17. The minimum Gasteiger partial charge on any atom is -0.369 e. The lowest BCUT2D eigenvalue weighted by atomic mass is 10.2. The summed E-state index contributed by atoms with van der Waals surface area (Å²) in [5, 5.41) is 8.82. The van der Waals surface area contributed by atoms with Gasteiger partial charge in [0.2, 0.25) is 0 Å². The molecular weight excluding hydrogens is 262 g/mol. The highest BCUT2D eigenvalue weighted by atomic mass is 15.3. The molecule has 3 aromatic rings. The molecule has 0 fully saturated rings. The van der Waals surface area contributed by atoms with Gasteiger partial charge in [-0.15, -0.1) is 0 Å². The predicted molar refractivity (Wildman–Crippen MR) is 84.9 cm³/mol. The van der Waals surface area contributed by atoms with Crippen molar-refractivity contribution in [3.63, 3.8) is 0 Å². The Bertz CT molecular complexity index is 775. The first-order valence-electron chi connectivity index (χ1n) is 7.23. The second-order valence-corrected chi connectivity index (χ2v) is 5.13. The number of para-hydroxylation sites is 1. The summed E-state index contributed by atoms with van der Waals surface area (Å²) in [5.41, 5.74) is 3.06. The van der Waals surface area contributed by atoms with Crippen molar-refractivity contribution >= 4 is 16.9 Å². The van der Waals surface area contributed by atoms with Gasteiger partial charge in [-0.3, -0.25) is 0 Å². The Hall–Kier alpha value is -2.43. The van der Waals surface area contributed by atoms with Crippen molar-refractivity contribution in [2.24, 2.45) is 0 Å². The van der Waals surface area contributed by atoms with E-state index < -0.39 is 0 Å². The molecule has 0 aliphatic carbocycles. The zero-order chi connectivity index (χ0) is 14.8. The van der Waals surface area contributed by atoms with Crippen LogP contribution in [0.1, 0.15) is 24.7 Å². The van der Waals surface area contributed by atoms with Gasteiger partial charge in [-0.05, 0) is 31.9 Å². The number of nitrogens with one attached hydrogen (secondary N) is 1. The average Bonchev–Trinajstić information content (AvgIpc) is 2.89. The molecule has 0 spiro atoms. The van der Waals surface area contributed by atoms with Gasteiger partial charge in [0.25, 0.3) is 0 Å². The lowest BCUT2D eigenvalue weighted by Crippen LogP contribution is -2.06. The Labute approximate surface area is 124 Å². The number of hydrogen-bond acceptors (Lipinski definition) is 4. The van der Waals surface area contributed by atoms with Gasteiger partial charge in [-0.1, -0.05) is 25.1 Å². The maximum atomic E-state index is 4.57. The Morgan fingerprint density at radius 1 is 1.14 bits per heavy atom. The molecule has 21 heavy (non-hydrogen) atoms. The number of anilines is 1. The molecule has 0 saturated heterocycles. The van der Waals surface area contributed by atoms with Crippen molar-refractivity contribution in [2.45, 2.75) is 27.2 Å². The molecule has 3 rings (SSSR count). The molecule has 0 unspecified atom stereocenters. The van der Waals surface area contributed by atoms with Crippen LogP contribution in [0.4, 0.5) is 5.82 Å². The molecule has 0 radical (unpaired) electrons. The minimum absolute atomic E-state index is 0.747. The lowest BCUT2D eigenvalue weighted by Gasteiger charge is -2.09. The fourth-order valence-corrected chi connectivity index (χ4v) is 2.37. The van der Waals surface area contributed by atoms with Crippen molar-refractivity contribution in [3.05, 3.63) is 41.9 Å². The van der Waals surface area contributed by atoms with Crippen molar-refractivity contribution in [3.8, 4) is 5.69 Å². The number of rotatable bonds is 4. The number of fused-ring (bicyclic) bond motifs is 1. The first-order valence-corrected chi connectivity index (χ1v) is 7.23. The van der Waals surface area contributed by atoms with E-state index in [1.165, 1.54) is 5.56 Å². The Morgan fingerprint density at radius 2 is 1.95 bits per heavy atom.